The van der Waals surface area contributed by atoms with Crippen molar-refractivity contribution in [3.05, 3.63) is 0 Å². The molecule has 50 valence electrons. The van der Waals surface area contributed by atoms with Gasteiger partial charge in [-0.25, -0.2) is 0 Å². The molecule has 1 N–H and O–H groups in total. The van der Waals surface area contributed by atoms with Crippen LogP contribution in [0.25, 0.3) is 0 Å². The minimum absolute atomic E-state index is 0. The molecular formula is C7H15NaO. The Hall–Kier alpha value is 0.960. The molecule has 0 aromatic carbocycles. The van der Waals surface area contributed by atoms with Crippen LogP contribution in [0.2, 0.25) is 0 Å². The van der Waals surface area contributed by atoms with Gasteiger partial charge in [0.05, 0.1) is 5.60 Å². The normalized spacial score (nSPS) is 24.7. The van der Waals surface area contributed by atoms with Crippen molar-refractivity contribution in [2.45, 2.75) is 44.6 Å². The van der Waals surface area contributed by atoms with Crippen LogP contribution < -0.4 is 29.6 Å². The van der Waals surface area contributed by atoms with Gasteiger partial charge in [0.25, 0.3) is 0 Å². The second kappa shape index (κ2) is 3.97. The Morgan fingerprint density at radius 3 is 1.89 bits per heavy atom. The van der Waals surface area contributed by atoms with E-state index >= 15 is 0 Å². The Morgan fingerprint density at radius 2 is 1.67 bits per heavy atom. The molecule has 1 nitrogen and oxygen atoms in total. The monoisotopic (exact) mass is 138 g/mol. The zero-order valence-electron chi connectivity index (χ0n) is 7.48. The number of hydrogen-bond acceptors (Lipinski definition) is 1. The van der Waals surface area contributed by atoms with Crippen LogP contribution in [0.15, 0.2) is 0 Å². The van der Waals surface area contributed by atoms with Crippen molar-refractivity contribution in [1.29, 1.82) is 0 Å². The van der Waals surface area contributed by atoms with Gasteiger partial charge in [0.15, 0.2) is 0 Å². The van der Waals surface area contributed by atoms with Crippen molar-refractivity contribution < 1.29 is 36.1 Å². The molecule has 0 aromatic heterocycles. The van der Waals surface area contributed by atoms with E-state index in [1.54, 1.807) is 0 Å². The van der Waals surface area contributed by atoms with Gasteiger partial charge in [0.1, 0.15) is 0 Å². The van der Waals surface area contributed by atoms with Crippen LogP contribution in [0.4, 0.5) is 0 Å². The van der Waals surface area contributed by atoms with E-state index in [0.29, 0.717) is 0 Å². The van der Waals surface area contributed by atoms with Crippen LogP contribution in [0.5, 0.6) is 0 Å². The summed E-state index contributed by atoms with van der Waals surface area (Å²) in [5, 5.41) is 9.37. The Balaban J connectivity index is 0. The summed E-state index contributed by atoms with van der Waals surface area (Å²) in [6.45, 7) is 1.94. The zero-order chi connectivity index (χ0) is 6.04. The third-order valence-electron chi connectivity index (χ3n) is 1.93. The maximum absolute atomic E-state index is 9.37. The molecule has 1 saturated carbocycles. The van der Waals surface area contributed by atoms with Crippen molar-refractivity contribution in [1.82, 2.24) is 0 Å². The topological polar surface area (TPSA) is 20.2 Å². The quantitative estimate of drug-likeness (QED) is 0.418. The Morgan fingerprint density at radius 1 is 1.22 bits per heavy atom. The van der Waals surface area contributed by atoms with Gasteiger partial charge in [-0.05, 0) is 19.8 Å². The minimum Gasteiger partial charge on any atom is -1.00 e. The molecular weight excluding hydrogens is 123 g/mol. The Kier molecular flexibility index (Phi) is 4.39. The molecule has 1 aliphatic carbocycles. The summed E-state index contributed by atoms with van der Waals surface area (Å²) in [7, 11) is 0. The van der Waals surface area contributed by atoms with Crippen molar-refractivity contribution >= 4 is 0 Å². The van der Waals surface area contributed by atoms with Gasteiger partial charge in [-0.1, -0.05) is 19.3 Å². The Labute approximate surface area is 80.6 Å². The first-order valence-corrected chi connectivity index (χ1v) is 3.43. The standard InChI is InChI=1S/C7H14O.Na.H/c1-7(8)5-3-2-4-6-7;;/h8H,2-6H2,1H3;;/q;+1;-1. The van der Waals surface area contributed by atoms with Gasteiger partial charge in [-0.2, -0.15) is 0 Å². The van der Waals surface area contributed by atoms with E-state index in [9.17, 15) is 5.11 Å². The third kappa shape index (κ3) is 3.61. The molecule has 0 saturated heterocycles. The van der Waals surface area contributed by atoms with E-state index in [2.05, 4.69) is 0 Å². The van der Waals surface area contributed by atoms with Crippen LogP contribution >= 0.6 is 0 Å². The fourth-order valence-electron chi connectivity index (χ4n) is 1.31. The average Bonchev–Trinajstić information content (AvgIpc) is 1.65. The first-order valence-electron chi connectivity index (χ1n) is 3.43. The summed E-state index contributed by atoms with van der Waals surface area (Å²) in [5.74, 6) is 0. The molecule has 1 rings (SSSR count). The molecule has 0 bridgehead atoms. The summed E-state index contributed by atoms with van der Waals surface area (Å²) in [5.41, 5.74) is -0.321. The summed E-state index contributed by atoms with van der Waals surface area (Å²) < 4.78 is 0. The van der Waals surface area contributed by atoms with E-state index in [1.165, 1.54) is 19.3 Å². The van der Waals surface area contributed by atoms with Crippen molar-refractivity contribution in [2.75, 3.05) is 0 Å². The summed E-state index contributed by atoms with van der Waals surface area (Å²) in [6, 6.07) is 0. The summed E-state index contributed by atoms with van der Waals surface area (Å²) in [6.07, 6.45) is 5.76. The maximum Gasteiger partial charge on any atom is 1.00 e. The molecule has 0 spiro atoms. The van der Waals surface area contributed by atoms with Crippen LogP contribution in [-0.2, 0) is 0 Å². The number of hydrogen-bond donors (Lipinski definition) is 1. The zero-order valence-corrected chi connectivity index (χ0v) is 8.48. The molecule has 1 fully saturated rings. The predicted molar refractivity (Wildman–Crippen MR) is 34.8 cm³/mol. The average molecular weight is 138 g/mol. The first kappa shape index (κ1) is 9.96. The van der Waals surface area contributed by atoms with Crippen molar-refractivity contribution in [3.63, 3.8) is 0 Å². The van der Waals surface area contributed by atoms with Gasteiger partial charge in [0, 0.05) is 0 Å². The minimum atomic E-state index is -0.321. The first-order chi connectivity index (χ1) is 3.71. The molecule has 2 heteroatoms. The van der Waals surface area contributed by atoms with E-state index in [4.69, 9.17) is 0 Å². The second-order valence-electron chi connectivity index (χ2n) is 3.06. The molecule has 0 atom stereocenters. The van der Waals surface area contributed by atoms with Crippen LogP contribution in [0.1, 0.15) is 40.5 Å². The molecule has 0 aliphatic heterocycles. The fraction of sp³-hybridized carbons (Fsp3) is 1.00. The summed E-state index contributed by atoms with van der Waals surface area (Å²) in [4.78, 5) is 0. The Bertz CT molecular complexity index is 77.7. The van der Waals surface area contributed by atoms with E-state index in [-0.39, 0.29) is 36.6 Å². The smallest absolute Gasteiger partial charge is 1.00 e. The van der Waals surface area contributed by atoms with Gasteiger partial charge < -0.3 is 6.53 Å². The van der Waals surface area contributed by atoms with Crippen molar-refractivity contribution in [3.8, 4) is 0 Å². The van der Waals surface area contributed by atoms with Gasteiger partial charge in [-0.15, -0.1) is 0 Å². The van der Waals surface area contributed by atoms with E-state index in [1.807, 2.05) is 6.92 Å². The van der Waals surface area contributed by atoms with Gasteiger partial charge in [-0.3, -0.25) is 0 Å². The SMILES string of the molecule is CC1(O)CCCCC1.[H-].[Na+]. The van der Waals surface area contributed by atoms with Gasteiger partial charge >= 0.3 is 29.6 Å². The van der Waals surface area contributed by atoms with Crippen LogP contribution in [0, 0.1) is 0 Å². The molecule has 0 heterocycles. The third-order valence-corrected chi connectivity index (χ3v) is 1.93. The fourth-order valence-corrected chi connectivity index (χ4v) is 1.31. The van der Waals surface area contributed by atoms with Crippen molar-refractivity contribution in [2.24, 2.45) is 0 Å². The van der Waals surface area contributed by atoms with Crippen LogP contribution in [0.3, 0.4) is 0 Å². The molecule has 0 amide bonds. The number of rotatable bonds is 0. The summed E-state index contributed by atoms with van der Waals surface area (Å²) >= 11 is 0. The molecule has 0 unspecified atom stereocenters. The molecule has 9 heavy (non-hydrogen) atoms. The maximum atomic E-state index is 9.37. The molecule has 1 aliphatic rings. The molecule has 0 aromatic rings. The van der Waals surface area contributed by atoms with E-state index in [0.717, 1.165) is 12.8 Å². The van der Waals surface area contributed by atoms with E-state index < -0.39 is 0 Å². The van der Waals surface area contributed by atoms with Crippen LogP contribution in [-0.4, -0.2) is 10.7 Å². The van der Waals surface area contributed by atoms with Gasteiger partial charge in [0.2, 0.25) is 0 Å². The number of aliphatic hydroxyl groups is 1. The largest absolute Gasteiger partial charge is 1.00 e. The molecule has 0 radical (unpaired) electrons. The predicted octanol–water partition coefficient (Wildman–Crippen LogP) is -1.18. The second-order valence-corrected chi connectivity index (χ2v) is 3.06.